The number of nitrogens with one attached hydrogen (secondary N) is 1. The van der Waals surface area contributed by atoms with Crippen LogP contribution in [0.3, 0.4) is 0 Å². The molecule has 2 aromatic carbocycles. The van der Waals surface area contributed by atoms with Crippen molar-refractivity contribution >= 4 is 11.9 Å². The van der Waals surface area contributed by atoms with Gasteiger partial charge in [0.1, 0.15) is 5.82 Å². The monoisotopic (exact) mass is 342 g/mol. The van der Waals surface area contributed by atoms with Crippen molar-refractivity contribution < 1.29 is 13.9 Å². The van der Waals surface area contributed by atoms with E-state index in [1.807, 2.05) is 51.1 Å². The second kappa shape index (κ2) is 8.97. The first kappa shape index (κ1) is 18.6. The highest BCUT2D eigenvalue weighted by molar-refractivity contribution is 6.04. The number of benzene rings is 2. The molecule has 0 aliphatic heterocycles. The smallest absolute Gasteiger partial charge is 0.292 e. The summed E-state index contributed by atoms with van der Waals surface area (Å²) in [7, 11) is 0. The molecule has 2 aromatic rings. The highest BCUT2D eigenvalue weighted by atomic mass is 19.1. The fourth-order valence-electron chi connectivity index (χ4n) is 2.14. The van der Waals surface area contributed by atoms with Gasteiger partial charge >= 0.3 is 0 Å². The third-order valence-corrected chi connectivity index (χ3v) is 3.49. The molecule has 0 saturated heterocycles. The van der Waals surface area contributed by atoms with E-state index in [1.54, 1.807) is 6.07 Å². The lowest BCUT2D eigenvalue weighted by Gasteiger charge is -2.15. The van der Waals surface area contributed by atoms with Crippen LogP contribution < -0.4 is 5.32 Å². The molecule has 25 heavy (non-hydrogen) atoms. The van der Waals surface area contributed by atoms with Gasteiger partial charge in [-0.2, -0.15) is 0 Å². The fourth-order valence-corrected chi connectivity index (χ4v) is 2.14. The van der Waals surface area contributed by atoms with Crippen LogP contribution in [-0.4, -0.2) is 18.5 Å². The fraction of sp³-hybridized carbons (Fsp3) is 0.300. The molecule has 4 nitrogen and oxygen atoms in total. The highest BCUT2D eigenvalue weighted by Crippen LogP contribution is 2.16. The molecule has 0 spiro atoms. The molecule has 5 heteroatoms. The average Bonchev–Trinajstić information content (AvgIpc) is 2.60. The van der Waals surface area contributed by atoms with Crippen LogP contribution in [-0.2, 0) is 4.74 Å². The summed E-state index contributed by atoms with van der Waals surface area (Å²) in [5.41, 5.74) is 0.948. The van der Waals surface area contributed by atoms with Gasteiger partial charge < -0.3 is 4.74 Å². The predicted molar refractivity (Wildman–Crippen MR) is 96.9 cm³/mol. The maximum atomic E-state index is 13.8. The van der Waals surface area contributed by atoms with Crippen molar-refractivity contribution in [2.75, 3.05) is 6.61 Å². The highest BCUT2D eigenvalue weighted by Gasteiger charge is 2.15. The lowest BCUT2D eigenvalue weighted by molar-refractivity contribution is 0.0959. The van der Waals surface area contributed by atoms with Crippen LogP contribution in [0.15, 0.2) is 59.6 Å². The minimum Gasteiger partial charge on any atom is -0.465 e. The van der Waals surface area contributed by atoms with Gasteiger partial charge in [-0.25, -0.2) is 9.38 Å². The first-order valence-corrected chi connectivity index (χ1v) is 8.28. The first-order valence-electron chi connectivity index (χ1n) is 8.28. The van der Waals surface area contributed by atoms with Gasteiger partial charge in [0.15, 0.2) is 0 Å². The Morgan fingerprint density at radius 3 is 2.36 bits per heavy atom. The summed E-state index contributed by atoms with van der Waals surface area (Å²) >= 11 is 0. The molecule has 0 radical (unpaired) electrons. The molecule has 132 valence electrons. The van der Waals surface area contributed by atoms with Crippen molar-refractivity contribution in [1.29, 1.82) is 0 Å². The summed E-state index contributed by atoms with van der Waals surface area (Å²) < 4.78 is 19.4. The second-order valence-electron chi connectivity index (χ2n) is 6.16. The first-order chi connectivity index (χ1) is 12.0. The van der Waals surface area contributed by atoms with Gasteiger partial charge in [0.2, 0.25) is 0 Å². The van der Waals surface area contributed by atoms with Crippen molar-refractivity contribution in [1.82, 2.24) is 5.32 Å². The van der Waals surface area contributed by atoms with Gasteiger partial charge in [-0.15, -0.1) is 0 Å². The SMILES string of the molecule is CC(C)COC(=N[C@H](C)c1ccccc1)NC(=O)c1ccccc1F. The number of rotatable bonds is 5. The molecule has 2 rings (SSSR count). The number of carbonyl (C=O) groups excluding carboxylic acids is 1. The van der Waals surface area contributed by atoms with Crippen LogP contribution in [0.25, 0.3) is 0 Å². The Bertz CT molecular complexity index is 729. The van der Waals surface area contributed by atoms with Crippen LogP contribution in [0.2, 0.25) is 0 Å². The Morgan fingerprint density at radius 1 is 1.08 bits per heavy atom. The molecule has 0 bridgehead atoms. The Labute approximate surface area is 147 Å². The van der Waals surface area contributed by atoms with Gasteiger partial charge in [0, 0.05) is 0 Å². The average molecular weight is 342 g/mol. The normalized spacial score (nSPS) is 12.8. The van der Waals surface area contributed by atoms with E-state index in [0.29, 0.717) is 6.61 Å². The molecular weight excluding hydrogens is 319 g/mol. The number of ether oxygens (including phenoxy) is 1. The third-order valence-electron chi connectivity index (χ3n) is 3.49. The van der Waals surface area contributed by atoms with Gasteiger partial charge in [0.25, 0.3) is 11.9 Å². The second-order valence-corrected chi connectivity index (χ2v) is 6.16. The summed E-state index contributed by atoms with van der Waals surface area (Å²) in [5, 5.41) is 2.58. The minimum absolute atomic E-state index is 0.0456. The van der Waals surface area contributed by atoms with E-state index in [9.17, 15) is 9.18 Å². The van der Waals surface area contributed by atoms with Crippen LogP contribution in [0, 0.1) is 11.7 Å². The number of amidine groups is 1. The standard InChI is InChI=1S/C20H23FN2O2/c1-14(2)13-25-20(22-15(3)16-9-5-4-6-10-16)23-19(24)17-11-7-8-12-18(17)21/h4-12,14-15H,13H2,1-3H3,(H,22,23,24)/t15-/m1/s1. The molecular formula is C20H23FN2O2. The molecule has 0 aliphatic rings. The third kappa shape index (κ3) is 5.71. The molecule has 0 heterocycles. The molecule has 0 fully saturated rings. The molecule has 0 aromatic heterocycles. The van der Waals surface area contributed by atoms with E-state index in [1.165, 1.54) is 18.2 Å². The lowest BCUT2D eigenvalue weighted by atomic mass is 10.1. The summed E-state index contributed by atoms with van der Waals surface area (Å²) in [6.45, 7) is 6.30. The maximum Gasteiger partial charge on any atom is 0.292 e. The lowest BCUT2D eigenvalue weighted by Crippen LogP contribution is -2.34. The molecule has 0 aliphatic carbocycles. The summed E-state index contributed by atoms with van der Waals surface area (Å²) in [4.78, 5) is 16.8. The number of carbonyl (C=O) groups is 1. The Hall–Kier alpha value is -2.69. The van der Waals surface area contributed by atoms with Crippen molar-refractivity contribution in [3.05, 3.63) is 71.5 Å². The molecule has 1 atom stereocenters. The van der Waals surface area contributed by atoms with E-state index in [2.05, 4.69) is 10.3 Å². The van der Waals surface area contributed by atoms with Gasteiger partial charge in [-0.3, -0.25) is 10.1 Å². The number of aliphatic imine (C=N–C) groups is 1. The van der Waals surface area contributed by atoms with Crippen LogP contribution in [0.1, 0.15) is 42.7 Å². The van der Waals surface area contributed by atoms with Gasteiger partial charge in [-0.05, 0) is 30.5 Å². The van der Waals surface area contributed by atoms with Crippen molar-refractivity contribution in [3.63, 3.8) is 0 Å². The van der Waals surface area contributed by atoms with E-state index < -0.39 is 11.7 Å². The Balaban J connectivity index is 2.19. The molecule has 1 N–H and O–H groups in total. The molecule has 0 unspecified atom stereocenters. The maximum absolute atomic E-state index is 13.8. The number of amides is 1. The zero-order valence-electron chi connectivity index (χ0n) is 14.7. The molecule has 1 amide bonds. The van der Waals surface area contributed by atoms with E-state index in [-0.39, 0.29) is 23.5 Å². The van der Waals surface area contributed by atoms with Gasteiger partial charge in [0.05, 0.1) is 18.2 Å². The molecule has 0 saturated carbocycles. The number of nitrogens with zero attached hydrogens (tertiary/aromatic N) is 1. The van der Waals surface area contributed by atoms with Crippen LogP contribution in [0.5, 0.6) is 0 Å². The number of halogens is 1. The van der Waals surface area contributed by atoms with E-state index in [0.717, 1.165) is 5.56 Å². The van der Waals surface area contributed by atoms with Crippen molar-refractivity contribution in [3.8, 4) is 0 Å². The predicted octanol–water partition coefficient (Wildman–Crippen LogP) is 4.35. The summed E-state index contributed by atoms with van der Waals surface area (Å²) in [6, 6.07) is 15.4. The van der Waals surface area contributed by atoms with E-state index in [4.69, 9.17) is 4.74 Å². The Morgan fingerprint density at radius 2 is 1.72 bits per heavy atom. The minimum atomic E-state index is -0.584. The van der Waals surface area contributed by atoms with Gasteiger partial charge in [-0.1, -0.05) is 56.3 Å². The zero-order valence-corrected chi connectivity index (χ0v) is 14.7. The quantitative estimate of drug-likeness (QED) is 0.649. The summed E-state index contributed by atoms with van der Waals surface area (Å²) in [5.74, 6) is -0.900. The van der Waals surface area contributed by atoms with E-state index >= 15 is 0 Å². The largest absolute Gasteiger partial charge is 0.465 e. The Kier molecular flexibility index (Phi) is 6.69. The number of hydrogen-bond acceptors (Lipinski definition) is 3. The van der Waals surface area contributed by atoms with Crippen molar-refractivity contribution in [2.45, 2.75) is 26.8 Å². The van der Waals surface area contributed by atoms with Crippen LogP contribution in [0.4, 0.5) is 4.39 Å². The number of hydrogen-bond donors (Lipinski definition) is 1. The van der Waals surface area contributed by atoms with Crippen molar-refractivity contribution in [2.24, 2.45) is 10.9 Å². The zero-order chi connectivity index (χ0) is 18.2. The van der Waals surface area contributed by atoms with Crippen LogP contribution >= 0.6 is 0 Å². The summed E-state index contributed by atoms with van der Waals surface area (Å²) in [6.07, 6.45) is 0. The topological polar surface area (TPSA) is 50.7 Å².